The van der Waals surface area contributed by atoms with Gasteiger partial charge in [-0.25, -0.2) is 4.79 Å². The van der Waals surface area contributed by atoms with Crippen LogP contribution in [0.4, 0.5) is 18.9 Å². The van der Waals surface area contributed by atoms with E-state index in [0.29, 0.717) is 0 Å². The number of ether oxygens (including phenoxy) is 2. The monoisotopic (exact) mass is 250 g/mol. The molecule has 0 bridgehead atoms. The minimum Gasteiger partial charge on any atom is -0.462 e. The predicted octanol–water partition coefficient (Wildman–Crippen LogP) is 1.74. The Kier molecular flexibility index (Phi) is 3.77. The van der Waals surface area contributed by atoms with Crippen molar-refractivity contribution in [1.29, 1.82) is 0 Å². The van der Waals surface area contributed by atoms with Crippen LogP contribution >= 0.6 is 0 Å². The van der Waals surface area contributed by atoms with Crippen LogP contribution in [0.1, 0.15) is 17.3 Å². The molecule has 0 fully saturated rings. The van der Waals surface area contributed by atoms with Crippen molar-refractivity contribution in [3.63, 3.8) is 0 Å². The Hall–Kier alpha value is -1.99. The third kappa shape index (κ3) is 3.51. The lowest BCUT2D eigenvalue weighted by atomic mass is 10.2. The number of esters is 1. The first kappa shape index (κ1) is 13.1. The van der Waals surface area contributed by atoms with Crippen LogP contribution in [0.5, 0.6) is 5.75 Å². The zero-order valence-corrected chi connectivity index (χ0v) is 8.75. The summed E-state index contributed by atoms with van der Waals surface area (Å²) >= 11 is 0. The fourth-order valence-corrected chi connectivity index (χ4v) is 1.05. The summed E-state index contributed by atoms with van der Waals surface area (Å²) in [4.78, 5) is 14.8. The molecular formula is C9H9F3N2O3. The number of hydrogen-bond donors (Lipinski definition) is 1. The number of pyridine rings is 1. The van der Waals surface area contributed by atoms with Crippen LogP contribution in [0.3, 0.4) is 0 Å². The first-order valence-corrected chi connectivity index (χ1v) is 4.51. The standard InChI is InChI=1S/C9H9F3N2O3/c1-2-16-8(15)5-3-14-4-6(13)7(5)17-9(10,11)12/h3-4H,2,13H2,1H3. The van der Waals surface area contributed by atoms with Gasteiger partial charge in [-0.05, 0) is 6.92 Å². The number of carbonyl (C=O) groups is 1. The topological polar surface area (TPSA) is 74.4 Å². The fraction of sp³-hybridized carbons (Fsp3) is 0.333. The van der Waals surface area contributed by atoms with Crippen LogP contribution in [0.25, 0.3) is 0 Å². The summed E-state index contributed by atoms with van der Waals surface area (Å²) in [6, 6.07) is 0. The van der Waals surface area contributed by atoms with E-state index in [0.717, 1.165) is 12.4 Å². The molecule has 0 unspecified atom stereocenters. The molecule has 0 aromatic carbocycles. The van der Waals surface area contributed by atoms with Gasteiger partial charge in [0, 0.05) is 6.20 Å². The maximum absolute atomic E-state index is 12.1. The van der Waals surface area contributed by atoms with Crippen molar-refractivity contribution >= 4 is 11.7 Å². The Morgan fingerprint density at radius 1 is 1.47 bits per heavy atom. The summed E-state index contributed by atoms with van der Waals surface area (Å²) in [7, 11) is 0. The lowest BCUT2D eigenvalue weighted by molar-refractivity contribution is -0.274. The molecule has 0 radical (unpaired) electrons. The number of nitrogens with two attached hydrogens (primary N) is 1. The molecule has 17 heavy (non-hydrogen) atoms. The number of aromatic nitrogens is 1. The Morgan fingerprint density at radius 3 is 2.65 bits per heavy atom. The molecule has 1 heterocycles. The maximum Gasteiger partial charge on any atom is 0.573 e. The van der Waals surface area contributed by atoms with Gasteiger partial charge in [-0.15, -0.1) is 13.2 Å². The summed E-state index contributed by atoms with van der Waals surface area (Å²) in [6.45, 7) is 1.53. The first-order chi connectivity index (χ1) is 7.85. The molecule has 0 saturated carbocycles. The van der Waals surface area contributed by atoms with E-state index in [1.807, 2.05) is 0 Å². The quantitative estimate of drug-likeness (QED) is 0.827. The summed E-state index contributed by atoms with van der Waals surface area (Å²) in [6.07, 6.45) is -3.10. The SMILES string of the molecule is CCOC(=O)c1cncc(N)c1OC(F)(F)F. The van der Waals surface area contributed by atoms with Crippen molar-refractivity contribution in [2.24, 2.45) is 0 Å². The average molecular weight is 250 g/mol. The Morgan fingerprint density at radius 2 is 2.12 bits per heavy atom. The van der Waals surface area contributed by atoms with Crippen molar-refractivity contribution in [2.75, 3.05) is 12.3 Å². The van der Waals surface area contributed by atoms with E-state index < -0.39 is 29.3 Å². The van der Waals surface area contributed by atoms with E-state index in [1.54, 1.807) is 0 Å². The zero-order valence-electron chi connectivity index (χ0n) is 8.75. The van der Waals surface area contributed by atoms with E-state index in [1.165, 1.54) is 6.92 Å². The van der Waals surface area contributed by atoms with Crippen LogP contribution < -0.4 is 10.5 Å². The molecule has 0 aliphatic carbocycles. The van der Waals surface area contributed by atoms with E-state index in [4.69, 9.17) is 5.73 Å². The first-order valence-electron chi connectivity index (χ1n) is 4.51. The summed E-state index contributed by atoms with van der Waals surface area (Å²) in [5.41, 5.74) is 4.40. The molecule has 0 amide bonds. The van der Waals surface area contributed by atoms with Crippen molar-refractivity contribution < 1.29 is 27.4 Å². The second kappa shape index (κ2) is 4.89. The minimum atomic E-state index is -4.95. The minimum absolute atomic E-state index is 0.0130. The van der Waals surface area contributed by atoms with Crippen LogP contribution in [-0.2, 0) is 4.74 Å². The van der Waals surface area contributed by atoms with E-state index in [2.05, 4.69) is 14.5 Å². The van der Waals surface area contributed by atoms with Gasteiger partial charge in [0.2, 0.25) is 0 Å². The lowest BCUT2D eigenvalue weighted by Gasteiger charge is -2.13. The zero-order chi connectivity index (χ0) is 13.1. The number of nitrogen functional groups attached to an aromatic ring is 1. The number of halogens is 3. The highest BCUT2D eigenvalue weighted by Gasteiger charge is 2.34. The van der Waals surface area contributed by atoms with Crippen LogP contribution in [0, 0.1) is 0 Å². The Bertz CT molecular complexity index is 420. The van der Waals surface area contributed by atoms with Gasteiger partial charge < -0.3 is 15.2 Å². The van der Waals surface area contributed by atoms with Crippen molar-refractivity contribution in [3.8, 4) is 5.75 Å². The maximum atomic E-state index is 12.1. The normalized spacial score (nSPS) is 11.1. The molecule has 0 spiro atoms. The van der Waals surface area contributed by atoms with Gasteiger partial charge in [0.25, 0.3) is 0 Å². The van der Waals surface area contributed by atoms with E-state index >= 15 is 0 Å². The molecule has 1 aromatic rings. The van der Waals surface area contributed by atoms with Gasteiger partial charge in [-0.1, -0.05) is 0 Å². The summed E-state index contributed by atoms with van der Waals surface area (Å²) < 4.78 is 44.5. The molecule has 8 heteroatoms. The van der Waals surface area contributed by atoms with Crippen LogP contribution in [0.15, 0.2) is 12.4 Å². The molecule has 94 valence electrons. The van der Waals surface area contributed by atoms with Crippen molar-refractivity contribution in [1.82, 2.24) is 4.98 Å². The van der Waals surface area contributed by atoms with Crippen LogP contribution in [-0.4, -0.2) is 23.9 Å². The van der Waals surface area contributed by atoms with Gasteiger partial charge >= 0.3 is 12.3 Å². The molecule has 5 nitrogen and oxygen atoms in total. The van der Waals surface area contributed by atoms with Crippen LogP contribution in [0.2, 0.25) is 0 Å². The number of hydrogen-bond acceptors (Lipinski definition) is 5. The fourth-order valence-electron chi connectivity index (χ4n) is 1.05. The van der Waals surface area contributed by atoms with Crippen molar-refractivity contribution in [2.45, 2.75) is 13.3 Å². The van der Waals surface area contributed by atoms with Crippen molar-refractivity contribution in [3.05, 3.63) is 18.0 Å². The number of alkyl halides is 3. The second-order valence-electron chi connectivity index (χ2n) is 2.87. The number of rotatable bonds is 3. The summed E-state index contributed by atoms with van der Waals surface area (Å²) in [5, 5.41) is 0. The molecule has 0 aliphatic heterocycles. The molecular weight excluding hydrogens is 241 g/mol. The van der Waals surface area contributed by atoms with Gasteiger partial charge in [0.05, 0.1) is 18.5 Å². The molecule has 0 saturated heterocycles. The average Bonchev–Trinajstić information content (AvgIpc) is 2.19. The lowest BCUT2D eigenvalue weighted by Crippen LogP contribution is -2.20. The summed E-state index contributed by atoms with van der Waals surface area (Å²) in [5.74, 6) is -1.78. The number of anilines is 1. The van der Waals surface area contributed by atoms with Gasteiger partial charge in [-0.2, -0.15) is 0 Å². The highest BCUT2D eigenvalue weighted by molar-refractivity contribution is 5.94. The highest BCUT2D eigenvalue weighted by atomic mass is 19.4. The molecule has 2 N–H and O–H groups in total. The van der Waals surface area contributed by atoms with Gasteiger partial charge in [0.15, 0.2) is 5.75 Å². The van der Waals surface area contributed by atoms with Gasteiger partial charge in [0.1, 0.15) is 5.56 Å². The molecule has 0 aliphatic rings. The third-order valence-electron chi connectivity index (χ3n) is 1.64. The third-order valence-corrected chi connectivity index (χ3v) is 1.64. The number of nitrogens with zero attached hydrogens (tertiary/aromatic N) is 1. The predicted molar refractivity (Wildman–Crippen MR) is 51.3 cm³/mol. The van der Waals surface area contributed by atoms with E-state index in [9.17, 15) is 18.0 Å². The smallest absolute Gasteiger partial charge is 0.462 e. The Balaban J connectivity index is 3.13. The molecule has 0 atom stereocenters. The molecule has 1 rings (SSSR count). The van der Waals surface area contributed by atoms with E-state index in [-0.39, 0.29) is 6.61 Å². The largest absolute Gasteiger partial charge is 0.573 e. The number of carbonyl (C=O) groups excluding carboxylic acids is 1. The molecule has 1 aromatic heterocycles. The second-order valence-corrected chi connectivity index (χ2v) is 2.87. The Labute approximate surface area is 94.3 Å². The highest BCUT2D eigenvalue weighted by Crippen LogP contribution is 2.31. The van der Waals surface area contributed by atoms with Gasteiger partial charge in [-0.3, -0.25) is 4.98 Å².